The number of ether oxygens (including phenoxy) is 3. The van der Waals surface area contributed by atoms with Crippen LogP contribution in [0.1, 0.15) is 23.0 Å². The summed E-state index contributed by atoms with van der Waals surface area (Å²) in [5, 5.41) is -0.0183. The molecule has 0 spiro atoms. The van der Waals surface area contributed by atoms with Crippen molar-refractivity contribution in [3.63, 3.8) is 0 Å². The molecule has 11 heteroatoms. The Labute approximate surface area is 164 Å². The molecule has 0 radical (unpaired) electrons. The number of methoxy groups -OCH3 is 2. The number of hydrogen-bond donors (Lipinski definition) is 2. The van der Waals surface area contributed by atoms with Crippen LogP contribution in [0.15, 0.2) is 12.1 Å². The van der Waals surface area contributed by atoms with Crippen molar-refractivity contribution < 1.29 is 23.0 Å². The van der Waals surface area contributed by atoms with E-state index in [2.05, 4.69) is 25.6 Å². The van der Waals surface area contributed by atoms with Gasteiger partial charge >= 0.3 is 6.61 Å². The molecule has 7 nitrogen and oxygen atoms in total. The molecule has 0 aliphatic rings. The van der Waals surface area contributed by atoms with E-state index >= 15 is 0 Å². The largest absolute Gasteiger partial charge is 0.435 e. The number of hydrazine groups is 1. The van der Waals surface area contributed by atoms with Crippen LogP contribution in [0.3, 0.4) is 0 Å². The first-order valence-corrected chi connectivity index (χ1v) is 8.39. The predicted octanol–water partition coefficient (Wildman–Crippen LogP) is 4.73. The van der Waals surface area contributed by atoms with Crippen LogP contribution in [0.2, 0.25) is 10.4 Å². The number of aryl methyl sites for hydroxylation is 2. The Balaban J connectivity index is 2.31. The fraction of sp³-hybridized carbons (Fsp3) is 0.375. The zero-order chi connectivity index (χ0) is 20.1. The number of benzene rings is 1. The van der Waals surface area contributed by atoms with Crippen molar-refractivity contribution in [3.8, 4) is 5.75 Å². The highest BCUT2D eigenvalue weighted by molar-refractivity contribution is 6.32. The summed E-state index contributed by atoms with van der Waals surface area (Å²) in [7, 11) is 2.87. The summed E-state index contributed by atoms with van der Waals surface area (Å²) in [4.78, 5) is 7.98. The van der Waals surface area contributed by atoms with Gasteiger partial charge in [0, 0.05) is 14.2 Å². The molecular formula is C16H18Cl2F2N4O3. The Kier molecular flexibility index (Phi) is 7.37. The fourth-order valence-electron chi connectivity index (χ4n) is 2.47. The molecule has 0 unspecified atom stereocenters. The van der Waals surface area contributed by atoms with E-state index < -0.39 is 12.9 Å². The first-order chi connectivity index (χ1) is 12.8. The predicted molar refractivity (Wildman–Crippen MR) is 98.6 cm³/mol. The summed E-state index contributed by atoms with van der Waals surface area (Å²) in [5.74, 6) is 0.304. The van der Waals surface area contributed by atoms with Crippen LogP contribution in [0.5, 0.6) is 5.75 Å². The monoisotopic (exact) mass is 422 g/mol. The Hall–Kier alpha value is -1.94. The van der Waals surface area contributed by atoms with Gasteiger partial charge in [-0.15, -0.1) is 0 Å². The number of halogens is 4. The lowest BCUT2D eigenvalue weighted by molar-refractivity contribution is -0.105. The first-order valence-electron chi connectivity index (χ1n) is 7.63. The van der Waals surface area contributed by atoms with Crippen molar-refractivity contribution >= 4 is 34.7 Å². The van der Waals surface area contributed by atoms with Crippen LogP contribution >= 0.6 is 23.2 Å². The molecule has 148 valence electrons. The fourth-order valence-corrected chi connectivity index (χ4v) is 2.94. The van der Waals surface area contributed by atoms with Gasteiger partial charge in [0.1, 0.15) is 10.9 Å². The van der Waals surface area contributed by atoms with Gasteiger partial charge in [-0.1, -0.05) is 11.6 Å². The van der Waals surface area contributed by atoms with E-state index in [0.717, 1.165) is 0 Å². The molecule has 1 heterocycles. The molecule has 2 aromatic rings. The normalized spacial score (nSPS) is 11.2. The smallest absolute Gasteiger partial charge is 0.387 e. The molecule has 0 saturated heterocycles. The zero-order valence-corrected chi connectivity index (χ0v) is 16.5. The molecule has 0 aliphatic heterocycles. The van der Waals surface area contributed by atoms with E-state index in [1.165, 1.54) is 26.4 Å². The molecule has 1 aromatic carbocycles. The second kappa shape index (κ2) is 9.32. The average molecular weight is 423 g/mol. The van der Waals surface area contributed by atoms with Gasteiger partial charge in [-0.2, -0.15) is 13.8 Å². The SMILES string of the molecule is COC(OC)c1c(Cl)nc(Cl)nc1NNc1c(C)cc(OC(F)F)cc1C. The van der Waals surface area contributed by atoms with Crippen molar-refractivity contribution in [2.75, 3.05) is 25.1 Å². The number of nitrogens with one attached hydrogen (secondary N) is 2. The molecule has 0 bridgehead atoms. The van der Waals surface area contributed by atoms with Crippen LogP contribution in [-0.4, -0.2) is 30.8 Å². The van der Waals surface area contributed by atoms with Gasteiger partial charge < -0.3 is 14.2 Å². The maximum absolute atomic E-state index is 12.4. The van der Waals surface area contributed by atoms with Crippen molar-refractivity contribution in [1.82, 2.24) is 9.97 Å². The molecule has 1 aromatic heterocycles. The van der Waals surface area contributed by atoms with Crippen LogP contribution in [-0.2, 0) is 9.47 Å². The first kappa shape index (κ1) is 21.4. The summed E-state index contributed by atoms with van der Waals surface area (Å²) in [6.07, 6.45) is -0.830. The van der Waals surface area contributed by atoms with Gasteiger partial charge in [0.2, 0.25) is 5.28 Å². The topological polar surface area (TPSA) is 77.5 Å². The minimum Gasteiger partial charge on any atom is -0.435 e. The van der Waals surface area contributed by atoms with Crippen molar-refractivity contribution in [3.05, 3.63) is 39.3 Å². The van der Waals surface area contributed by atoms with E-state index in [-0.39, 0.29) is 22.0 Å². The molecular weight excluding hydrogens is 405 g/mol. The van der Waals surface area contributed by atoms with E-state index in [4.69, 9.17) is 32.7 Å². The number of hydrogen-bond acceptors (Lipinski definition) is 7. The lowest BCUT2D eigenvalue weighted by Gasteiger charge is -2.21. The van der Waals surface area contributed by atoms with Crippen molar-refractivity contribution in [1.29, 1.82) is 0 Å². The third-order valence-corrected chi connectivity index (χ3v) is 4.03. The van der Waals surface area contributed by atoms with Crippen molar-refractivity contribution in [2.24, 2.45) is 0 Å². The number of aromatic nitrogens is 2. The van der Waals surface area contributed by atoms with Crippen LogP contribution < -0.4 is 15.6 Å². The van der Waals surface area contributed by atoms with Crippen molar-refractivity contribution in [2.45, 2.75) is 26.7 Å². The van der Waals surface area contributed by atoms with E-state index in [9.17, 15) is 8.78 Å². The maximum atomic E-state index is 12.4. The molecule has 0 aliphatic carbocycles. The van der Waals surface area contributed by atoms with E-state index in [1.54, 1.807) is 13.8 Å². The molecule has 0 fully saturated rings. The summed E-state index contributed by atoms with van der Waals surface area (Å²) >= 11 is 12.0. The molecule has 0 saturated carbocycles. The highest BCUT2D eigenvalue weighted by atomic mass is 35.5. The highest BCUT2D eigenvalue weighted by Gasteiger charge is 2.22. The van der Waals surface area contributed by atoms with Gasteiger partial charge in [-0.05, 0) is 48.7 Å². The number of nitrogens with zero attached hydrogens (tertiary/aromatic N) is 2. The quantitative estimate of drug-likeness (QED) is 0.275. The van der Waals surface area contributed by atoms with Gasteiger partial charge in [0.15, 0.2) is 12.1 Å². The van der Waals surface area contributed by atoms with E-state index in [0.29, 0.717) is 22.4 Å². The molecule has 0 amide bonds. The minimum atomic E-state index is -2.89. The third-order valence-electron chi connectivity index (χ3n) is 3.57. The Morgan fingerprint density at radius 1 is 1.00 bits per heavy atom. The Bertz CT molecular complexity index is 784. The number of alkyl halides is 2. The molecule has 27 heavy (non-hydrogen) atoms. The zero-order valence-electron chi connectivity index (χ0n) is 14.9. The Morgan fingerprint density at radius 3 is 2.11 bits per heavy atom. The molecule has 2 N–H and O–H groups in total. The average Bonchev–Trinajstić information content (AvgIpc) is 2.56. The Morgan fingerprint density at radius 2 is 1.59 bits per heavy atom. The summed E-state index contributed by atoms with van der Waals surface area (Å²) in [6, 6.07) is 2.97. The number of rotatable bonds is 8. The molecule has 2 rings (SSSR count). The second-order valence-corrected chi connectivity index (χ2v) is 6.11. The number of anilines is 2. The van der Waals surface area contributed by atoms with Gasteiger partial charge in [-0.25, -0.2) is 4.98 Å². The lowest BCUT2D eigenvalue weighted by atomic mass is 10.1. The standard InChI is InChI=1S/C16H18Cl2F2N4O3/c1-7-5-9(27-16(19)20)6-8(2)11(7)23-24-13-10(14(25-3)26-4)12(17)21-15(18)22-13/h5-6,14,16,23H,1-4H3,(H,21,22,24). The summed E-state index contributed by atoms with van der Waals surface area (Å²) in [5.41, 5.74) is 8.16. The van der Waals surface area contributed by atoms with Gasteiger partial charge in [0.25, 0.3) is 0 Å². The van der Waals surface area contributed by atoms with Gasteiger partial charge in [-0.3, -0.25) is 10.9 Å². The van der Waals surface area contributed by atoms with Crippen LogP contribution in [0.25, 0.3) is 0 Å². The third kappa shape index (κ3) is 5.29. The maximum Gasteiger partial charge on any atom is 0.387 e. The second-order valence-electron chi connectivity index (χ2n) is 5.41. The van der Waals surface area contributed by atoms with Crippen LogP contribution in [0.4, 0.5) is 20.3 Å². The minimum absolute atomic E-state index is 0.0575. The molecule has 0 atom stereocenters. The lowest BCUT2D eigenvalue weighted by Crippen LogP contribution is -2.17. The van der Waals surface area contributed by atoms with E-state index in [1.807, 2.05) is 0 Å². The summed E-state index contributed by atoms with van der Waals surface area (Å²) in [6.45, 7) is 0.584. The highest BCUT2D eigenvalue weighted by Crippen LogP contribution is 2.32. The van der Waals surface area contributed by atoms with Gasteiger partial charge in [0.05, 0.1) is 11.3 Å². The summed E-state index contributed by atoms with van der Waals surface area (Å²) < 4.78 is 39.7. The van der Waals surface area contributed by atoms with Crippen LogP contribution in [0, 0.1) is 13.8 Å².